The molecule has 2 aliphatic rings. The van der Waals surface area contributed by atoms with Gasteiger partial charge >= 0.3 is 5.97 Å². The first kappa shape index (κ1) is 16.2. The van der Waals surface area contributed by atoms with Crippen LogP contribution in [0.2, 0.25) is 0 Å². The van der Waals surface area contributed by atoms with Crippen molar-refractivity contribution in [2.24, 2.45) is 0 Å². The van der Waals surface area contributed by atoms with Crippen molar-refractivity contribution < 1.29 is 13.9 Å². The van der Waals surface area contributed by atoms with Gasteiger partial charge < -0.3 is 10.1 Å². The molecule has 0 aromatic heterocycles. The largest absolute Gasteiger partial charge is 0.456 e. The molecule has 0 saturated carbocycles. The minimum atomic E-state index is -0.560. The van der Waals surface area contributed by atoms with Gasteiger partial charge in [-0.1, -0.05) is 12.1 Å². The second-order valence-electron chi connectivity index (χ2n) is 7.54. The molecule has 1 spiro atoms. The molecule has 23 heavy (non-hydrogen) atoms. The summed E-state index contributed by atoms with van der Waals surface area (Å²) in [6.45, 7) is 7.43. The summed E-state index contributed by atoms with van der Waals surface area (Å²) in [7, 11) is 0. The number of halogens is 1. The first-order valence-electron chi connectivity index (χ1n) is 8.25. The van der Waals surface area contributed by atoms with Crippen molar-refractivity contribution in [3.8, 4) is 0 Å². The summed E-state index contributed by atoms with van der Waals surface area (Å²) in [4.78, 5) is 12.5. The van der Waals surface area contributed by atoms with Gasteiger partial charge in [0.05, 0.1) is 5.57 Å². The molecule has 1 aromatic carbocycles. The maximum absolute atomic E-state index is 13.8. The molecular formula is C19H24FNO2. The highest BCUT2D eigenvalue weighted by atomic mass is 19.1. The normalized spacial score (nSPS) is 19.9. The summed E-state index contributed by atoms with van der Waals surface area (Å²) in [5.74, 6) is -0.683. The van der Waals surface area contributed by atoms with Gasteiger partial charge in [-0.3, -0.25) is 0 Å². The molecule has 0 unspecified atom stereocenters. The predicted octanol–water partition coefficient (Wildman–Crippen LogP) is 3.58. The summed E-state index contributed by atoms with van der Waals surface area (Å²) < 4.78 is 19.3. The summed E-state index contributed by atoms with van der Waals surface area (Å²) in [6.07, 6.45) is 4.76. The van der Waals surface area contributed by atoms with E-state index in [1.165, 1.54) is 12.1 Å². The molecule has 124 valence electrons. The molecule has 1 aromatic rings. The van der Waals surface area contributed by atoms with Gasteiger partial charge in [0.2, 0.25) is 0 Å². The first-order chi connectivity index (χ1) is 10.8. The highest BCUT2D eigenvalue weighted by Gasteiger charge is 2.39. The van der Waals surface area contributed by atoms with E-state index in [9.17, 15) is 9.18 Å². The summed E-state index contributed by atoms with van der Waals surface area (Å²) in [5, 5.41) is 3.38. The van der Waals surface area contributed by atoms with E-state index in [4.69, 9.17) is 4.74 Å². The van der Waals surface area contributed by atoms with E-state index >= 15 is 0 Å². The van der Waals surface area contributed by atoms with Crippen LogP contribution in [0.5, 0.6) is 0 Å². The molecule has 1 aliphatic heterocycles. The number of piperidine rings is 1. The molecule has 4 heteroatoms. The smallest absolute Gasteiger partial charge is 0.338 e. The number of benzene rings is 1. The van der Waals surface area contributed by atoms with Crippen LogP contribution >= 0.6 is 0 Å². The molecule has 0 amide bonds. The Bertz CT molecular complexity index is 652. The Kier molecular flexibility index (Phi) is 4.05. The van der Waals surface area contributed by atoms with Crippen LogP contribution in [0.25, 0.3) is 5.57 Å². The van der Waals surface area contributed by atoms with Crippen LogP contribution in [0.3, 0.4) is 0 Å². The Labute approximate surface area is 136 Å². The fourth-order valence-electron chi connectivity index (χ4n) is 3.62. The summed E-state index contributed by atoms with van der Waals surface area (Å²) in [5.41, 5.74) is 1.74. The zero-order chi connectivity index (χ0) is 16.7. The van der Waals surface area contributed by atoms with Crippen molar-refractivity contribution in [3.05, 3.63) is 41.2 Å². The Hall–Kier alpha value is -1.68. The van der Waals surface area contributed by atoms with E-state index < -0.39 is 5.60 Å². The van der Waals surface area contributed by atoms with Gasteiger partial charge in [-0.25, -0.2) is 9.18 Å². The number of carbonyl (C=O) groups excluding carboxylic acids is 1. The number of nitrogens with one attached hydrogen (secondary N) is 1. The van der Waals surface area contributed by atoms with E-state index in [-0.39, 0.29) is 17.2 Å². The van der Waals surface area contributed by atoms with E-state index in [1.807, 2.05) is 32.9 Å². The van der Waals surface area contributed by atoms with Crippen molar-refractivity contribution in [1.29, 1.82) is 0 Å². The topological polar surface area (TPSA) is 38.3 Å². The monoisotopic (exact) mass is 317 g/mol. The zero-order valence-electron chi connectivity index (χ0n) is 14.0. The minimum Gasteiger partial charge on any atom is -0.456 e. The average molecular weight is 317 g/mol. The Morgan fingerprint density at radius 3 is 2.61 bits per heavy atom. The van der Waals surface area contributed by atoms with Crippen LogP contribution in [0.1, 0.15) is 51.2 Å². The lowest BCUT2D eigenvalue weighted by atomic mass is 9.65. The lowest BCUT2D eigenvalue weighted by Crippen LogP contribution is -2.41. The quantitative estimate of drug-likeness (QED) is 0.805. The fourth-order valence-corrected chi connectivity index (χ4v) is 3.62. The molecule has 3 nitrogen and oxygen atoms in total. The number of ether oxygens (including phenoxy) is 1. The Morgan fingerprint density at radius 1 is 1.26 bits per heavy atom. The van der Waals surface area contributed by atoms with E-state index in [0.29, 0.717) is 11.1 Å². The summed E-state index contributed by atoms with van der Waals surface area (Å²) in [6, 6.07) is 4.84. The average Bonchev–Trinajstić information content (AvgIpc) is 2.46. The molecule has 0 atom stereocenters. The molecular weight excluding hydrogens is 293 g/mol. The lowest BCUT2D eigenvalue weighted by Gasteiger charge is -2.41. The van der Waals surface area contributed by atoms with Crippen LogP contribution in [0.4, 0.5) is 4.39 Å². The van der Waals surface area contributed by atoms with E-state index in [1.54, 1.807) is 0 Å². The van der Waals surface area contributed by atoms with Crippen LogP contribution in [-0.4, -0.2) is 24.7 Å². The fraction of sp³-hybridized carbons (Fsp3) is 0.526. The number of esters is 1. The van der Waals surface area contributed by atoms with Crippen molar-refractivity contribution in [2.45, 2.75) is 51.0 Å². The zero-order valence-corrected chi connectivity index (χ0v) is 14.0. The molecule has 0 bridgehead atoms. The third-order valence-electron chi connectivity index (χ3n) is 4.72. The van der Waals surface area contributed by atoms with Gasteiger partial charge in [0.1, 0.15) is 11.4 Å². The molecule has 0 radical (unpaired) electrons. The maximum Gasteiger partial charge on any atom is 0.338 e. The molecule has 1 saturated heterocycles. The van der Waals surface area contributed by atoms with Crippen molar-refractivity contribution in [3.63, 3.8) is 0 Å². The molecule has 1 heterocycles. The second kappa shape index (κ2) is 5.75. The van der Waals surface area contributed by atoms with Crippen LogP contribution in [0, 0.1) is 5.82 Å². The molecule has 1 N–H and O–H groups in total. The van der Waals surface area contributed by atoms with Crippen molar-refractivity contribution >= 4 is 11.5 Å². The van der Waals surface area contributed by atoms with E-state index in [2.05, 4.69) is 5.32 Å². The highest BCUT2D eigenvalue weighted by molar-refractivity contribution is 6.17. The van der Waals surface area contributed by atoms with Gasteiger partial charge in [-0.05, 0) is 76.4 Å². The maximum atomic E-state index is 13.8. The molecule has 3 rings (SSSR count). The van der Waals surface area contributed by atoms with Gasteiger partial charge in [0.25, 0.3) is 0 Å². The number of hydrogen-bond donors (Lipinski definition) is 1. The lowest BCUT2D eigenvalue weighted by molar-refractivity contribution is -0.147. The third-order valence-corrected chi connectivity index (χ3v) is 4.72. The number of fused-ring (bicyclic) bond motifs is 2. The van der Waals surface area contributed by atoms with Gasteiger partial charge in [0, 0.05) is 5.41 Å². The van der Waals surface area contributed by atoms with E-state index in [0.717, 1.165) is 37.9 Å². The van der Waals surface area contributed by atoms with Crippen molar-refractivity contribution in [1.82, 2.24) is 5.32 Å². The van der Waals surface area contributed by atoms with Crippen LogP contribution < -0.4 is 5.32 Å². The van der Waals surface area contributed by atoms with Gasteiger partial charge in [-0.15, -0.1) is 0 Å². The second-order valence-corrected chi connectivity index (χ2v) is 7.54. The van der Waals surface area contributed by atoms with Crippen LogP contribution in [-0.2, 0) is 14.9 Å². The van der Waals surface area contributed by atoms with Crippen LogP contribution in [0.15, 0.2) is 24.3 Å². The van der Waals surface area contributed by atoms with Gasteiger partial charge in [0.15, 0.2) is 0 Å². The number of allylic oxidation sites excluding steroid dienone is 1. The Balaban J connectivity index is 2.02. The summed E-state index contributed by atoms with van der Waals surface area (Å²) >= 11 is 0. The van der Waals surface area contributed by atoms with Gasteiger partial charge in [-0.2, -0.15) is 0 Å². The standard InChI is InChI=1S/C19H24FNO2/c1-18(2,3)23-17(22)14-6-7-19(8-10-21-11-9-19)16-5-4-13(20)12-15(14)16/h4-6,12,21H,7-11H2,1-3H3. The SMILES string of the molecule is CC(C)(C)OC(=O)C1=CCC2(CCNCC2)c2ccc(F)cc21. The minimum absolute atomic E-state index is 0.0137. The Morgan fingerprint density at radius 2 is 1.96 bits per heavy atom. The first-order valence-corrected chi connectivity index (χ1v) is 8.25. The number of carbonyl (C=O) groups is 1. The number of rotatable bonds is 1. The van der Waals surface area contributed by atoms with Crippen molar-refractivity contribution in [2.75, 3.05) is 13.1 Å². The number of hydrogen-bond acceptors (Lipinski definition) is 3. The molecule has 1 fully saturated rings. The predicted molar refractivity (Wildman–Crippen MR) is 88.6 cm³/mol. The third kappa shape index (κ3) is 3.18. The highest BCUT2D eigenvalue weighted by Crippen LogP contribution is 2.45. The molecule has 1 aliphatic carbocycles.